The van der Waals surface area contributed by atoms with Crippen molar-refractivity contribution in [3.8, 4) is 0 Å². The van der Waals surface area contributed by atoms with Crippen LogP contribution in [0.3, 0.4) is 0 Å². The Morgan fingerprint density at radius 2 is 0.452 bits per heavy atom. The van der Waals surface area contributed by atoms with E-state index in [1.165, 1.54) is 276 Å². The predicted octanol–water partition coefficient (Wildman–Crippen LogP) is 22.4. The molecular weight excluding hydrogens is 901 g/mol. The minimum Gasteiger partial charge on any atom is -0.462 e. The number of allylic oxidation sites excluding steroid dienone is 2. The Balaban J connectivity index is 3.88. The fourth-order valence-corrected chi connectivity index (χ4v) is 10.3. The SMILES string of the molecule is CCCCCCC/C=C\CCCCCCCC(=O)OC(COC(=O)CCCCCCCCC)COC(=O)CCCCCCCCCCCCCCCCCCCCCCCCCCCCCCCCCCCC. The predicted molar refractivity (Wildman–Crippen MR) is 317 cm³/mol. The van der Waals surface area contributed by atoms with Gasteiger partial charge in [-0.1, -0.05) is 328 Å². The molecule has 0 aliphatic rings. The van der Waals surface area contributed by atoms with Crippen LogP contribution in [0.4, 0.5) is 0 Å². The standard InChI is InChI=1S/C67H128O6/c1-4-7-10-13-16-18-20-22-24-25-26-27-28-29-30-31-32-33-34-35-36-37-38-39-40-41-42-43-45-46-48-51-54-57-60-66(69)72-63-64(62-71-65(68)59-56-53-50-15-12-9-6-3)73-67(70)61-58-55-52-49-47-44-23-21-19-17-14-11-8-5-2/h21,23,64H,4-20,22,24-63H2,1-3H3/b23-21-. The Hall–Kier alpha value is -1.85. The maximum Gasteiger partial charge on any atom is 0.306 e. The van der Waals surface area contributed by atoms with Crippen LogP contribution in [0.2, 0.25) is 0 Å². The number of esters is 3. The largest absolute Gasteiger partial charge is 0.462 e. The molecule has 0 heterocycles. The van der Waals surface area contributed by atoms with Crippen molar-refractivity contribution in [2.45, 2.75) is 386 Å². The van der Waals surface area contributed by atoms with Gasteiger partial charge in [0.1, 0.15) is 13.2 Å². The minimum absolute atomic E-state index is 0.0682. The molecule has 1 atom stereocenters. The van der Waals surface area contributed by atoms with Crippen LogP contribution in [0.25, 0.3) is 0 Å². The molecule has 0 spiro atoms. The van der Waals surface area contributed by atoms with E-state index in [1.807, 2.05) is 0 Å². The molecule has 0 radical (unpaired) electrons. The van der Waals surface area contributed by atoms with Crippen LogP contribution in [0.1, 0.15) is 380 Å². The second-order valence-electron chi connectivity index (χ2n) is 22.7. The van der Waals surface area contributed by atoms with Crippen molar-refractivity contribution in [2.75, 3.05) is 13.2 Å². The highest BCUT2D eigenvalue weighted by Gasteiger charge is 2.19. The summed E-state index contributed by atoms with van der Waals surface area (Å²) < 4.78 is 16.8. The molecule has 73 heavy (non-hydrogen) atoms. The number of carbonyl (C=O) groups excluding carboxylic acids is 3. The summed E-state index contributed by atoms with van der Waals surface area (Å²) in [6.45, 7) is 6.64. The molecule has 0 aliphatic carbocycles. The lowest BCUT2D eigenvalue weighted by atomic mass is 10.0. The van der Waals surface area contributed by atoms with Crippen LogP contribution in [0.5, 0.6) is 0 Å². The summed E-state index contributed by atoms with van der Waals surface area (Å²) >= 11 is 0. The molecule has 1 unspecified atom stereocenters. The highest BCUT2D eigenvalue weighted by atomic mass is 16.6. The van der Waals surface area contributed by atoms with Gasteiger partial charge in [0.2, 0.25) is 0 Å². The van der Waals surface area contributed by atoms with Gasteiger partial charge in [0.05, 0.1) is 0 Å². The van der Waals surface area contributed by atoms with Gasteiger partial charge in [-0.3, -0.25) is 14.4 Å². The van der Waals surface area contributed by atoms with Crippen molar-refractivity contribution >= 4 is 17.9 Å². The van der Waals surface area contributed by atoms with E-state index in [0.717, 1.165) is 64.2 Å². The van der Waals surface area contributed by atoms with Gasteiger partial charge in [0.15, 0.2) is 6.10 Å². The first-order valence-corrected chi connectivity index (χ1v) is 33.2. The molecule has 432 valence electrons. The quantitative estimate of drug-likeness (QED) is 0.0261. The Bertz CT molecular complexity index is 1130. The average Bonchev–Trinajstić information content (AvgIpc) is 3.39. The first-order chi connectivity index (χ1) is 36.0. The topological polar surface area (TPSA) is 78.9 Å². The van der Waals surface area contributed by atoms with E-state index >= 15 is 0 Å². The number of ether oxygens (including phenoxy) is 3. The van der Waals surface area contributed by atoms with Gasteiger partial charge >= 0.3 is 17.9 Å². The van der Waals surface area contributed by atoms with Gasteiger partial charge in [-0.05, 0) is 44.9 Å². The zero-order chi connectivity index (χ0) is 52.9. The summed E-state index contributed by atoms with van der Waals surface area (Å²) in [6, 6.07) is 0. The maximum absolute atomic E-state index is 12.8. The van der Waals surface area contributed by atoms with Crippen LogP contribution < -0.4 is 0 Å². The van der Waals surface area contributed by atoms with Crippen molar-refractivity contribution in [1.29, 1.82) is 0 Å². The minimum atomic E-state index is -0.768. The molecule has 0 aliphatic heterocycles. The summed E-state index contributed by atoms with van der Waals surface area (Å²) in [4.78, 5) is 38.0. The number of hydrogen-bond donors (Lipinski definition) is 0. The maximum atomic E-state index is 12.8. The Morgan fingerprint density at radius 3 is 0.685 bits per heavy atom. The van der Waals surface area contributed by atoms with Crippen LogP contribution in [0, 0.1) is 0 Å². The van der Waals surface area contributed by atoms with Crippen LogP contribution in [-0.4, -0.2) is 37.2 Å². The molecule has 6 nitrogen and oxygen atoms in total. The molecule has 0 saturated heterocycles. The smallest absolute Gasteiger partial charge is 0.306 e. The van der Waals surface area contributed by atoms with Crippen molar-refractivity contribution < 1.29 is 28.6 Å². The van der Waals surface area contributed by atoms with Crippen LogP contribution in [-0.2, 0) is 28.6 Å². The average molecular weight is 1030 g/mol. The zero-order valence-electron chi connectivity index (χ0n) is 49.7. The van der Waals surface area contributed by atoms with E-state index < -0.39 is 6.10 Å². The molecule has 0 rings (SSSR count). The summed E-state index contributed by atoms with van der Waals surface area (Å²) in [5.74, 6) is -0.861. The summed E-state index contributed by atoms with van der Waals surface area (Å²) in [7, 11) is 0. The Labute approximate surface area is 456 Å². The molecule has 6 heteroatoms. The van der Waals surface area contributed by atoms with Crippen LogP contribution >= 0.6 is 0 Å². The fourth-order valence-electron chi connectivity index (χ4n) is 10.3. The lowest BCUT2D eigenvalue weighted by Crippen LogP contribution is -2.30. The van der Waals surface area contributed by atoms with Crippen molar-refractivity contribution in [1.82, 2.24) is 0 Å². The highest BCUT2D eigenvalue weighted by Crippen LogP contribution is 2.19. The third-order valence-electron chi connectivity index (χ3n) is 15.3. The van der Waals surface area contributed by atoms with Crippen molar-refractivity contribution in [3.05, 3.63) is 12.2 Å². The molecule has 0 fully saturated rings. The van der Waals surface area contributed by atoms with Gasteiger partial charge in [-0.25, -0.2) is 0 Å². The first-order valence-electron chi connectivity index (χ1n) is 33.2. The number of unbranched alkanes of at least 4 members (excludes halogenated alkanes) is 49. The molecule has 0 aromatic carbocycles. The molecular formula is C67H128O6. The molecule has 0 bridgehead atoms. The van der Waals surface area contributed by atoms with Crippen molar-refractivity contribution in [2.24, 2.45) is 0 Å². The second-order valence-corrected chi connectivity index (χ2v) is 22.7. The van der Waals surface area contributed by atoms with E-state index in [0.29, 0.717) is 19.3 Å². The Kier molecular flexibility index (Phi) is 61.1. The van der Waals surface area contributed by atoms with Crippen molar-refractivity contribution in [3.63, 3.8) is 0 Å². The highest BCUT2D eigenvalue weighted by molar-refractivity contribution is 5.71. The number of rotatable bonds is 62. The molecule has 0 amide bonds. The normalized spacial score (nSPS) is 12.0. The van der Waals surface area contributed by atoms with Gasteiger partial charge in [0.25, 0.3) is 0 Å². The third kappa shape index (κ3) is 60.9. The number of hydrogen-bond acceptors (Lipinski definition) is 6. The lowest BCUT2D eigenvalue weighted by molar-refractivity contribution is -0.167. The lowest BCUT2D eigenvalue weighted by Gasteiger charge is -2.18. The van der Waals surface area contributed by atoms with Gasteiger partial charge in [0, 0.05) is 19.3 Å². The molecule has 0 N–H and O–H groups in total. The zero-order valence-corrected chi connectivity index (χ0v) is 49.7. The second kappa shape index (κ2) is 62.7. The van der Waals surface area contributed by atoms with Gasteiger partial charge < -0.3 is 14.2 Å². The summed E-state index contributed by atoms with van der Waals surface area (Å²) in [6.07, 6.45) is 74.3. The first kappa shape index (κ1) is 71.2. The van der Waals surface area contributed by atoms with Crippen LogP contribution in [0.15, 0.2) is 12.2 Å². The van der Waals surface area contributed by atoms with E-state index in [1.54, 1.807) is 0 Å². The molecule has 0 aromatic heterocycles. The molecule has 0 aromatic rings. The summed E-state index contributed by atoms with van der Waals surface area (Å²) in [5.41, 5.74) is 0. The summed E-state index contributed by atoms with van der Waals surface area (Å²) in [5, 5.41) is 0. The Morgan fingerprint density at radius 1 is 0.260 bits per heavy atom. The van der Waals surface area contributed by atoms with E-state index in [2.05, 4.69) is 32.9 Å². The van der Waals surface area contributed by atoms with E-state index in [-0.39, 0.29) is 31.1 Å². The number of carbonyl (C=O) groups is 3. The third-order valence-corrected chi connectivity index (χ3v) is 15.3. The van der Waals surface area contributed by atoms with E-state index in [9.17, 15) is 14.4 Å². The molecule has 0 saturated carbocycles. The van der Waals surface area contributed by atoms with E-state index in [4.69, 9.17) is 14.2 Å². The fraction of sp³-hybridized carbons (Fsp3) is 0.925. The van der Waals surface area contributed by atoms with Gasteiger partial charge in [-0.2, -0.15) is 0 Å². The monoisotopic (exact) mass is 1030 g/mol. The van der Waals surface area contributed by atoms with Gasteiger partial charge in [-0.15, -0.1) is 0 Å².